The minimum Gasteiger partial charge on any atom is -0.337 e. The van der Waals surface area contributed by atoms with Crippen molar-refractivity contribution in [2.24, 2.45) is 0 Å². The van der Waals surface area contributed by atoms with Crippen LogP contribution in [-0.4, -0.2) is 51.9 Å². The fraction of sp³-hybridized carbons (Fsp3) is 0.263. The molecule has 3 aromatic heterocycles. The maximum absolute atomic E-state index is 12.7. The average Bonchev–Trinajstić information content (AvgIpc) is 3.15. The van der Waals surface area contributed by atoms with E-state index >= 15 is 0 Å². The molecule has 4 heterocycles. The molecule has 0 unspecified atom stereocenters. The van der Waals surface area contributed by atoms with Gasteiger partial charge in [-0.15, -0.1) is 11.3 Å². The van der Waals surface area contributed by atoms with Crippen LogP contribution in [0.2, 0.25) is 0 Å². The summed E-state index contributed by atoms with van der Waals surface area (Å²) in [6.07, 6.45) is 5.16. The molecule has 4 rings (SSSR count). The van der Waals surface area contributed by atoms with Gasteiger partial charge in [-0.25, -0.2) is 9.97 Å². The van der Waals surface area contributed by atoms with E-state index in [0.29, 0.717) is 18.7 Å². The Morgan fingerprint density at radius 1 is 1.08 bits per heavy atom. The molecule has 0 saturated carbocycles. The Morgan fingerprint density at radius 3 is 2.46 bits per heavy atom. The van der Waals surface area contributed by atoms with Gasteiger partial charge in [0.25, 0.3) is 5.91 Å². The first-order valence-electron chi connectivity index (χ1n) is 8.53. The van der Waals surface area contributed by atoms with E-state index in [1.807, 2.05) is 17.0 Å². The van der Waals surface area contributed by atoms with Gasteiger partial charge in [0.05, 0.1) is 16.1 Å². The molecular formula is C19H19N5OS. The SMILES string of the molecule is Cc1csc(-c2ccc(C(=O)N3CCN(c4ncccn4)CC3)cn2)c1. The smallest absolute Gasteiger partial charge is 0.255 e. The van der Waals surface area contributed by atoms with Crippen LogP contribution >= 0.6 is 11.3 Å². The van der Waals surface area contributed by atoms with Gasteiger partial charge in [0.1, 0.15) is 0 Å². The van der Waals surface area contributed by atoms with E-state index in [9.17, 15) is 4.79 Å². The van der Waals surface area contributed by atoms with Crippen LogP contribution in [0.5, 0.6) is 0 Å². The lowest BCUT2D eigenvalue weighted by Crippen LogP contribution is -2.49. The highest BCUT2D eigenvalue weighted by Crippen LogP contribution is 2.25. The zero-order valence-corrected chi connectivity index (χ0v) is 15.3. The number of carbonyl (C=O) groups excluding carboxylic acids is 1. The first kappa shape index (κ1) is 16.7. The molecule has 1 aliphatic rings. The normalized spacial score (nSPS) is 14.5. The molecule has 0 N–H and O–H groups in total. The number of hydrogen-bond acceptors (Lipinski definition) is 6. The van der Waals surface area contributed by atoms with Gasteiger partial charge in [-0.2, -0.15) is 0 Å². The topological polar surface area (TPSA) is 62.2 Å². The van der Waals surface area contributed by atoms with Crippen LogP contribution in [0.4, 0.5) is 5.95 Å². The van der Waals surface area contributed by atoms with E-state index in [1.165, 1.54) is 5.56 Å². The van der Waals surface area contributed by atoms with Gasteiger partial charge in [-0.3, -0.25) is 9.78 Å². The number of aryl methyl sites for hydroxylation is 1. The minimum absolute atomic E-state index is 0.0278. The summed E-state index contributed by atoms with van der Waals surface area (Å²) in [6.45, 7) is 4.84. The summed E-state index contributed by atoms with van der Waals surface area (Å²) in [6, 6.07) is 7.70. The molecule has 7 heteroatoms. The number of amides is 1. The number of anilines is 1. The van der Waals surface area contributed by atoms with Crippen molar-refractivity contribution in [3.05, 3.63) is 59.4 Å². The lowest BCUT2D eigenvalue weighted by atomic mass is 10.2. The zero-order valence-electron chi connectivity index (χ0n) is 14.5. The van der Waals surface area contributed by atoms with Crippen molar-refractivity contribution in [1.29, 1.82) is 0 Å². The molecular weight excluding hydrogens is 346 g/mol. The number of nitrogens with zero attached hydrogens (tertiary/aromatic N) is 5. The summed E-state index contributed by atoms with van der Waals surface area (Å²) in [5, 5.41) is 2.10. The zero-order chi connectivity index (χ0) is 17.9. The molecule has 0 spiro atoms. The van der Waals surface area contributed by atoms with Crippen LogP contribution in [-0.2, 0) is 0 Å². The summed E-state index contributed by atoms with van der Waals surface area (Å²) < 4.78 is 0. The van der Waals surface area contributed by atoms with Gasteiger partial charge in [-0.05, 0) is 42.1 Å². The lowest BCUT2D eigenvalue weighted by Gasteiger charge is -2.34. The van der Waals surface area contributed by atoms with Crippen molar-refractivity contribution in [2.45, 2.75) is 6.92 Å². The second kappa shape index (κ2) is 7.21. The molecule has 6 nitrogen and oxygen atoms in total. The number of thiophene rings is 1. The second-order valence-corrected chi connectivity index (χ2v) is 7.16. The van der Waals surface area contributed by atoms with Crippen molar-refractivity contribution in [3.8, 4) is 10.6 Å². The van der Waals surface area contributed by atoms with E-state index in [-0.39, 0.29) is 5.91 Å². The Labute approximate surface area is 156 Å². The van der Waals surface area contributed by atoms with Crippen molar-refractivity contribution in [3.63, 3.8) is 0 Å². The molecule has 0 atom stereocenters. The van der Waals surface area contributed by atoms with Crippen molar-refractivity contribution < 1.29 is 4.79 Å². The third kappa shape index (κ3) is 3.43. The standard InChI is InChI=1S/C19H19N5OS/c1-14-11-17(26-13-14)16-4-3-15(12-22-16)18(25)23-7-9-24(10-8-23)19-20-5-2-6-21-19/h2-6,11-13H,7-10H2,1H3. The largest absolute Gasteiger partial charge is 0.337 e. The summed E-state index contributed by atoms with van der Waals surface area (Å²) in [7, 11) is 0. The predicted molar refractivity (Wildman–Crippen MR) is 102 cm³/mol. The highest BCUT2D eigenvalue weighted by Gasteiger charge is 2.23. The van der Waals surface area contributed by atoms with Crippen LogP contribution in [0.25, 0.3) is 10.6 Å². The van der Waals surface area contributed by atoms with Crippen LogP contribution in [0.15, 0.2) is 48.2 Å². The number of aromatic nitrogens is 3. The molecule has 0 aliphatic carbocycles. The highest BCUT2D eigenvalue weighted by molar-refractivity contribution is 7.13. The fourth-order valence-corrected chi connectivity index (χ4v) is 3.85. The maximum Gasteiger partial charge on any atom is 0.255 e. The monoisotopic (exact) mass is 365 g/mol. The van der Waals surface area contributed by atoms with Crippen molar-refractivity contribution in [1.82, 2.24) is 19.9 Å². The first-order valence-corrected chi connectivity index (χ1v) is 9.41. The van der Waals surface area contributed by atoms with Crippen LogP contribution in [0.1, 0.15) is 15.9 Å². The first-order chi connectivity index (χ1) is 12.7. The molecule has 26 heavy (non-hydrogen) atoms. The maximum atomic E-state index is 12.7. The van der Waals surface area contributed by atoms with E-state index in [1.54, 1.807) is 36.0 Å². The summed E-state index contributed by atoms with van der Waals surface area (Å²) in [5.74, 6) is 0.747. The molecule has 1 aliphatic heterocycles. The van der Waals surface area contributed by atoms with E-state index in [0.717, 1.165) is 29.6 Å². The number of piperazine rings is 1. The minimum atomic E-state index is 0.0278. The number of hydrogen-bond donors (Lipinski definition) is 0. The predicted octanol–water partition coefficient (Wildman–Crippen LogP) is 2.87. The van der Waals surface area contributed by atoms with Crippen LogP contribution < -0.4 is 4.90 Å². The Morgan fingerprint density at radius 2 is 1.85 bits per heavy atom. The molecule has 3 aromatic rings. The summed E-state index contributed by atoms with van der Waals surface area (Å²) in [4.78, 5) is 30.8. The van der Waals surface area contributed by atoms with Gasteiger partial charge < -0.3 is 9.80 Å². The average molecular weight is 365 g/mol. The molecule has 0 aromatic carbocycles. The lowest BCUT2D eigenvalue weighted by molar-refractivity contribution is 0.0746. The molecule has 0 bridgehead atoms. The highest BCUT2D eigenvalue weighted by atomic mass is 32.1. The molecule has 1 amide bonds. The quantitative estimate of drug-likeness (QED) is 0.714. The summed E-state index contributed by atoms with van der Waals surface area (Å²) >= 11 is 1.67. The van der Waals surface area contributed by atoms with Crippen molar-refractivity contribution >= 4 is 23.2 Å². The summed E-state index contributed by atoms with van der Waals surface area (Å²) in [5.41, 5.74) is 2.77. The van der Waals surface area contributed by atoms with Gasteiger partial charge in [0.2, 0.25) is 5.95 Å². The Kier molecular flexibility index (Phi) is 4.62. The third-order valence-corrected chi connectivity index (χ3v) is 5.47. The van der Waals surface area contributed by atoms with Gasteiger partial charge >= 0.3 is 0 Å². The van der Waals surface area contributed by atoms with Gasteiger partial charge in [0, 0.05) is 44.8 Å². The van der Waals surface area contributed by atoms with Gasteiger partial charge in [-0.1, -0.05) is 0 Å². The Hall–Kier alpha value is -2.80. The molecule has 1 fully saturated rings. The number of rotatable bonds is 3. The molecule has 1 saturated heterocycles. The third-order valence-electron chi connectivity index (χ3n) is 4.40. The van der Waals surface area contributed by atoms with Crippen LogP contribution in [0.3, 0.4) is 0 Å². The molecule has 132 valence electrons. The van der Waals surface area contributed by atoms with E-state index in [4.69, 9.17) is 0 Å². The van der Waals surface area contributed by atoms with E-state index < -0.39 is 0 Å². The number of carbonyl (C=O) groups is 1. The Balaban J connectivity index is 1.40. The fourth-order valence-electron chi connectivity index (χ4n) is 2.98. The second-order valence-electron chi connectivity index (χ2n) is 6.25. The van der Waals surface area contributed by atoms with Crippen LogP contribution in [0, 0.1) is 6.92 Å². The van der Waals surface area contributed by atoms with E-state index in [2.05, 4.69) is 38.2 Å². The van der Waals surface area contributed by atoms with Crippen molar-refractivity contribution in [2.75, 3.05) is 31.1 Å². The Bertz CT molecular complexity index is 886. The van der Waals surface area contributed by atoms with Gasteiger partial charge in [0.15, 0.2) is 0 Å². The number of pyridine rings is 1. The molecule has 0 radical (unpaired) electrons.